The molecule has 1 aliphatic heterocycles. The average molecular weight is 269 g/mol. The fourth-order valence-electron chi connectivity index (χ4n) is 2.43. The first-order valence-corrected chi connectivity index (χ1v) is 6.53. The molecule has 0 spiro atoms. The zero-order valence-corrected chi connectivity index (χ0v) is 11.3. The Labute approximate surface area is 116 Å². The molecule has 2 heterocycles. The van der Waals surface area contributed by atoms with Gasteiger partial charge in [0.05, 0.1) is 17.4 Å². The average Bonchev–Trinajstić information content (AvgIpc) is 2.96. The minimum atomic E-state index is -0.781. The molecule has 1 saturated heterocycles. The van der Waals surface area contributed by atoms with E-state index in [0.29, 0.717) is 5.69 Å². The number of aryl methyl sites for hydroxylation is 1. The smallest absolute Gasteiger partial charge is 0.237 e. The van der Waals surface area contributed by atoms with Gasteiger partial charge in [0, 0.05) is 6.20 Å². The molecule has 1 amide bonds. The standard InChI is InChI=1S/C15H15N3O2/c1-9-4-3-5-11(8-9)18-7-6-12(17-18)13-14(19)10(2)16-15(13)20/h3-8,10,13H,1-2H3,(H,16,20). The van der Waals surface area contributed by atoms with E-state index in [4.69, 9.17) is 0 Å². The Morgan fingerprint density at radius 3 is 2.70 bits per heavy atom. The molecule has 2 unspecified atom stereocenters. The van der Waals surface area contributed by atoms with Crippen molar-refractivity contribution in [3.63, 3.8) is 0 Å². The quantitative estimate of drug-likeness (QED) is 0.837. The maximum atomic E-state index is 12.0. The van der Waals surface area contributed by atoms with Crippen molar-refractivity contribution in [2.45, 2.75) is 25.8 Å². The highest BCUT2D eigenvalue weighted by atomic mass is 16.2. The lowest BCUT2D eigenvalue weighted by molar-refractivity contribution is -0.124. The molecule has 1 aliphatic rings. The van der Waals surface area contributed by atoms with Gasteiger partial charge >= 0.3 is 0 Å². The van der Waals surface area contributed by atoms with Gasteiger partial charge in [-0.1, -0.05) is 12.1 Å². The van der Waals surface area contributed by atoms with Crippen molar-refractivity contribution in [2.24, 2.45) is 0 Å². The van der Waals surface area contributed by atoms with Gasteiger partial charge in [-0.25, -0.2) is 4.68 Å². The Bertz CT molecular complexity index is 690. The van der Waals surface area contributed by atoms with Crippen molar-refractivity contribution < 1.29 is 9.59 Å². The van der Waals surface area contributed by atoms with Crippen molar-refractivity contribution in [3.05, 3.63) is 47.8 Å². The van der Waals surface area contributed by atoms with Crippen LogP contribution in [-0.2, 0) is 9.59 Å². The van der Waals surface area contributed by atoms with Crippen molar-refractivity contribution in [2.75, 3.05) is 0 Å². The number of aromatic nitrogens is 2. The lowest BCUT2D eigenvalue weighted by atomic mass is 10.0. The monoisotopic (exact) mass is 269 g/mol. The molecule has 1 N–H and O–H groups in total. The number of ketones is 1. The van der Waals surface area contributed by atoms with E-state index >= 15 is 0 Å². The van der Waals surface area contributed by atoms with Gasteiger partial charge in [0.2, 0.25) is 5.91 Å². The summed E-state index contributed by atoms with van der Waals surface area (Å²) in [6.45, 7) is 3.70. The SMILES string of the molecule is Cc1cccc(-n2ccc(C3C(=O)NC(C)C3=O)n2)c1. The van der Waals surface area contributed by atoms with Crippen molar-refractivity contribution in [1.29, 1.82) is 0 Å². The van der Waals surface area contributed by atoms with Crippen LogP contribution in [0.1, 0.15) is 24.1 Å². The number of hydrogen-bond acceptors (Lipinski definition) is 3. The fraction of sp³-hybridized carbons (Fsp3) is 0.267. The van der Waals surface area contributed by atoms with E-state index in [1.54, 1.807) is 23.9 Å². The van der Waals surface area contributed by atoms with E-state index in [9.17, 15) is 9.59 Å². The van der Waals surface area contributed by atoms with Gasteiger partial charge in [0.25, 0.3) is 0 Å². The topological polar surface area (TPSA) is 64.0 Å². The van der Waals surface area contributed by atoms with E-state index in [1.165, 1.54) is 0 Å². The van der Waals surface area contributed by atoms with Crippen LogP contribution in [0.4, 0.5) is 0 Å². The predicted molar refractivity (Wildman–Crippen MR) is 73.7 cm³/mol. The lowest BCUT2D eigenvalue weighted by Gasteiger charge is -2.04. The summed E-state index contributed by atoms with van der Waals surface area (Å²) in [5, 5.41) is 7.01. The Hall–Kier alpha value is -2.43. The first kappa shape index (κ1) is 12.6. The molecule has 20 heavy (non-hydrogen) atoms. The van der Waals surface area contributed by atoms with Crippen molar-refractivity contribution in [3.8, 4) is 5.69 Å². The van der Waals surface area contributed by atoms with E-state index in [2.05, 4.69) is 10.4 Å². The third-order valence-electron chi connectivity index (χ3n) is 3.50. The van der Waals surface area contributed by atoms with Crippen LogP contribution in [0.3, 0.4) is 0 Å². The molecular weight excluding hydrogens is 254 g/mol. The number of Topliss-reactive ketones (excluding diaryl/α,β-unsaturated/α-hetero) is 1. The largest absolute Gasteiger partial charge is 0.346 e. The van der Waals surface area contributed by atoms with Gasteiger partial charge in [-0.15, -0.1) is 0 Å². The third-order valence-corrected chi connectivity index (χ3v) is 3.50. The molecule has 1 aromatic carbocycles. The second-order valence-electron chi connectivity index (χ2n) is 5.09. The molecule has 2 atom stereocenters. The van der Waals surface area contributed by atoms with E-state index in [1.807, 2.05) is 31.2 Å². The summed E-state index contributed by atoms with van der Waals surface area (Å²) in [5.74, 6) is -1.17. The van der Waals surface area contributed by atoms with Crippen molar-refractivity contribution >= 4 is 11.7 Å². The summed E-state index contributed by atoms with van der Waals surface area (Å²) >= 11 is 0. The Morgan fingerprint density at radius 1 is 1.25 bits per heavy atom. The molecular formula is C15H15N3O2. The molecule has 0 aliphatic carbocycles. The summed E-state index contributed by atoms with van der Waals surface area (Å²) in [6, 6.07) is 9.17. The van der Waals surface area contributed by atoms with Crippen LogP contribution in [0, 0.1) is 6.92 Å². The summed E-state index contributed by atoms with van der Waals surface area (Å²) in [5.41, 5.74) is 2.54. The minimum Gasteiger partial charge on any atom is -0.346 e. The van der Waals surface area contributed by atoms with Crippen LogP contribution < -0.4 is 5.32 Å². The minimum absolute atomic E-state index is 0.121. The Morgan fingerprint density at radius 2 is 2.05 bits per heavy atom. The summed E-state index contributed by atoms with van der Waals surface area (Å²) < 4.78 is 1.69. The molecule has 0 saturated carbocycles. The summed E-state index contributed by atoms with van der Waals surface area (Å²) in [4.78, 5) is 23.8. The molecule has 102 valence electrons. The number of benzene rings is 1. The van der Waals surface area contributed by atoms with Gasteiger partial charge in [0.15, 0.2) is 5.78 Å². The highest BCUT2D eigenvalue weighted by Crippen LogP contribution is 2.23. The number of nitrogens with zero attached hydrogens (tertiary/aromatic N) is 2. The molecule has 1 aromatic heterocycles. The molecule has 5 nitrogen and oxygen atoms in total. The lowest BCUT2D eigenvalue weighted by Crippen LogP contribution is -2.25. The van der Waals surface area contributed by atoms with Gasteiger partial charge in [0.1, 0.15) is 5.92 Å². The molecule has 2 aromatic rings. The van der Waals surface area contributed by atoms with Gasteiger partial charge < -0.3 is 5.32 Å². The van der Waals surface area contributed by atoms with Crippen LogP contribution in [0.25, 0.3) is 5.69 Å². The van der Waals surface area contributed by atoms with Gasteiger partial charge in [-0.2, -0.15) is 5.10 Å². The Balaban J connectivity index is 1.95. The number of rotatable bonds is 2. The number of carbonyl (C=O) groups excluding carboxylic acids is 2. The number of hydrogen-bond donors (Lipinski definition) is 1. The van der Waals surface area contributed by atoms with E-state index in [-0.39, 0.29) is 11.7 Å². The fourth-order valence-corrected chi connectivity index (χ4v) is 2.43. The maximum absolute atomic E-state index is 12.0. The highest BCUT2D eigenvalue weighted by Gasteiger charge is 2.40. The van der Waals surface area contributed by atoms with E-state index in [0.717, 1.165) is 11.3 Å². The van der Waals surface area contributed by atoms with Crippen LogP contribution in [0.15, 0.2) is 36.5 Å². The predicted octanol–water partition coefficient (Wildman–Crippen LogP) is 1.35. The van der Waals surface area contributed by atoms with Crippen LogP contribution >= 0.6 is 0 Å². The first-order chi connectivity index (χ1) is 9.56. The van der Waals surface area contributed by atoms with Crippen molar-refractivity contribution in [1.82, 2.24) is 15.1 Å². The van der Waals surface area contributed by atoms with E-state index < -0.39 is 12.0 Å². The Kier molecular flexibility index (Phi) is 2.89. The number of carbonyl (C=O) groups is 2. The second kappa shape index (κ2) is 4.59. The second-order valence-corrected chi connectivity index (χ2v) is 5.09. The summed E-state index contributed by atoms with van der Waals surface area (Å²) in [6.07, 6.45) is 1.77. The zero-order valence-electron chi connectivity index (χ0n) is 11.3. The van der Waals surface area contributed by atoms with Crippen LogP contribution in [0.2, 0.25) is 0 Å². The molecule has 5 heteroatoms. The zero-order chi connectivity index (χ0) is 14.3. The van der Waals surface area contributed by atoms with Crippen LogP contribution in [-0.4, -0.2) is 27.5 Å². The molecule has 0 radical (unpaired) electrons. The number of amides is 1. The molecule has 3 rings (SSSR count). The first-order valence-electron chi connectivity index (χ1n) is 6.53. The van der Waals surface area contributed by atoms with Gasteiger partial charge in [-0.3, -0.25) is 9.59 Å². The molecule has 1 fully saturated rings. The normalized spacial score (nSPS) is 22.1. The molecule has 0 bridgehead atoms. The van der Waals surface area contributed by atoms with Gasteiger partial charge in [-0.05, 0) is 37.6 Å². The number of nitrogens with one attached hydrogen (secondary N) is 1. The summed E-state index contributed by atoms with van der Waals surface area (Å²) in [7, 11) is 0. The highest BCUT2D eigenvalue weighted by molar-refractivity contribution is 6.14. The van der Waals surface area contributed by atoms with Crippen LogP contribution in [0.5, 0.6) is 0 Å². The third kappa shape index (κ3) is 2.01. The maximum Gasteiger partial charge on any atom is 0.237 e.